The lowest BCUT2D eigenvalue weighted by molar-refractivity contribution is 0.388. The Morgan fingerprint density at radius 3 is 2.94 bits per heavy atom. The Hall–Kier alpha value is -0.600. The molecule has 1 saturated carbocycles. The summed E-state index contributed by atoms with van der Waals surface area (Å²) in [5.41, 5.74) is 1.10. The van der Waals surface area contributed by atoms with Gasteiger partial charge in [0.05, 0.1) is 0 Å². The van der Waals surface area contributed by atoms with Crippen LogP contribution >= 0.6 is 11.6 Å². The van der Waals surface area contributed by atoms with Crippen LogP contribution in [-0.2, 0) is 0 Å². The van der Waals surface area contributed by atoms with Crippen LogP contribution < -0.4 is 5.32 Å². The van der Waals surface area contributed by atoms with Gasteiger partial charge in [0.1, 0.15) is 5.15 Å². The minimum atomic E-state index is 0.284. The minimum Gasteiger partial charge on any atom is -0.307 e. The monoisotopic (exact) mass is 238 g/mol. The molecule has 0 spiro atoms. The van der Waals surface area contributed by atoms with E-state index in [9.17, 15) is 0 Å². The van der Waals surface area contributed by atoms with Gasteiger partial charge in [0.15, 0.2) is 0 Å². The maximum Gasteiger partial charge on any atom is 0.133 e. The molecule has 3 unspecified atom stereocenters. The van der Waals surface area contributed by atoms with E-state index in [1.807, 2.05) is 12.1 Å². The molecule has 1 N–H and O–H groups in total. The van der Waals surface area contributed by atoms with Gasteiger partial charge in [0.25, 0.3) is 0 Å². The van der Waals surface area contributed by atoms with Crippen LogP contribution in [0.3, 0.4) is 0 Å². The van der Waals surface area contributed by atoms with Gasteiger partial charge >= 0.3 is 0 Å². The molecule has 1 aromatic rings. The molecule has 0 saturated heterocycles. The summed E-state index contributed by atoms with van der Waals surface area (Å²) in [4.78, 5) is 4.12. The molecule has 0 amide bonds. The largest absolute Gasteiger partial charge is 0.307 e. The Kier molecular flexibility index (Phi) is 3.82. The van der Waals surface area contributed by atoms with Gasteiger partial charge < -0.3 is 5.32 Å². The summed E-state index contributed by atoms with van der Waals surface area (Å²) >= 11 is 6.09. The third-order valence-corrected chi connectivity index (χ3v) is 3.90. The molecule has 3 heteroatoms. The number of aromatic nitrogens is 1. The van der Waals surface area contributed by atoms with Gasteiger partial charge in [0.2, 0.25) is 0 Å². The molecule has 16 heavy (non-hydrogen) atoms. The number of nitrogens with zero attached hydrogens (tertiary/aromatic N) is 1. The molecule has 0 aromatic carbocycles. The van der Waals surface area contributed by atoms with E-state index in [-0.39, 0.29) is 6.04 Å². The molecule has 2 rings (SSSR count). The lowest BCUT2D eigenvalue weighted by Gasteiger charge is -2.23. The van der Waals surface area contributed by atoms with Crippen molar-refractivity contribution in [3.63, 3.8) is 0 Å². The fourth-order valence-electron chi connectivity index (χ4n) is 2.53. The van der Waals surface area contributed by atoms with E-state index < -0.39 is 0 Å². The Morgan fingerprint density at radius 2 is 2.31 bits per heavy atom. The first kappa shape index (κ1) is 11.9. The van der Waals surface area contributed by atoms with Gasteiger partial charge in [-0.2, -0.15) is 0 Å². The summed E-state index contributed by atoms with van der Waals surface area (Å²) < 4.78 is 0. The maximum atomic E-state index is 6.09. The summed E-state index contributed by atoms with van der Waals surface area (Å²) in [6, 6.07) is 4.91. The normalized spacial score (nSPS) is 26.9. The van der Waals surface area contributed by atoms with E-state index >= 15 is 0 Å². The van der Waals surface area contributed by atoms with E-state index in [4.69, 9.17) is 11.6 Å². The number of nitrogens with one attached hydrogen (secondary N) is 1. The van der Waals surface area contributed by atoms with Gasteiger partial charge in [-0.25, -0.2) is 4.98 Å². The second-order valence-corrected chi connectivity index (χ2v) is 5.14. The Bertz CT molecular complexity index is 354. The third-order valence-electron chi connectivity index (χ3n) is 3.58. The summed E-state index contributed by atoms with van der Waals surface area (Å²) in [5.74, 6) is 0.776. The average Bonchev–Trinajstić information content (AvgIpc) is 2.65. The van der Waals surface area contributed by atoms with Gasteiger partial charge in [-0.05, 0) is 31.7 Å². The van der Waals surface area contributed by atoms with Crippen LogP contribution in [0.25, 0.3) is 0 Å². The van der Waals surface area contributed by atoms with Crippen LogP contribution in [0, 0.1) is 5.92 Å². The van der Waals surface area contributed by atoms with Crippen molar-refractivity contribution in [1.29, 1.82) is 0 Å². The van der Waals surface area contributed by atoms with Crippen LogP contribution in [-0.4, -0.2) is 11.0 Å². The predicted molar refractivity (Wildman–Crippen MR) is 67.6 cm³/mol. The van der Waals surface area contributed by atoms with Gasteiger partial charge in [-0.15, -0.1) is 0 Å². The molecular formula is C13H19ClN2. The highest BCUT2D eigenvalue weighted by Crippen LogP contribution is 2.28. The molecule has 88 valence electrons. The summed E-state index contributed by atoms with van der Waals surface area (Å²) in [6.07, 6.45) is 5.69. The molecule has 3 atom stereocenters. The molecule has 1 fully saturated rings. The summed E-state index contributed by atoms with van der Waals surface area (Å²) in [5, 5.41) is 4.28. The molecular weight excluding hydrogens is 220 g/mol. The molecule has 1 aliphatic carbocycles. The average molecular weight is 239 g/mol. The number of hydrogen-bond donors (Lipinski definition) is 1. The number of hydrogen-bond acceptors (Lipinski definition) is 2. The van der Waals surface area contributed by atoms with Crippen LogP contribution in [0.2, 0.25) is 5.15 Å². The highest BCUT2D eigenvalue weighted by atomic mass is 35.5. The molecule has 0 bridgehead atoms. The molecule has 0 aliphatic heterocycles. The quantitative estimate of drug-likeness (QED) is 0.815. The van der Waals surface area contributed by atoms with Gasteiger partial charge in [0, 0.05) is 23.8 Å². The second-order valence-electron chi connectivity index (χ2n) is 4.79. The standard InChI is InChI=1S/C13H19ClN2/c1-9-5-3-7-12(9)16-10(2)11-6-4-8-15-13(11)14/h4,6,8-10,12,16H,3,5,7H2,1-2H3. The van der Waals surface area contributed by atoms with Crippen molar-refractivity contribution in [3.8, 4) is 0 Å². The van der Waals surface area contributed by atoms with Crippen LogP contribution in [0.4, 0.5) is 0 Å². The maximum absolute atomic E-state index is 6.09. The Balaban J connectivity index is 2.03. The minimum absolute atomic E-state index is 0.284. The summed E-state index contributed by atoms with van der Waals surface area (Å²) in [6.45, 7) is 4.48. The number of halogens is 1. The van der Waals surface area contributed by atoms with Crippen molar-refractivity contribution in [1.82, 2.24) is 10.3 Å². The van der Waals surface area contributed by atoms with Crippen molar-refractivity contribution in [2.75, 3.05) is 0 Å². The molecule has 1 aliphatic rings. The smallest absolute Gasteiger partial charge is 0.133 e. The van der Waals surface area contributed by atoms with E-state index in [2.05, 4.69) is 24.1 Å². The van der Waals surface area contributed by atoms with Crippen molar-refractivity contribution in [2.45, 2.75) is 45.2 Å². The topological polar surface area (TPSA) is 24.9 Å². The first-order chi connectivity index (χ1) is 7.68. The zero-order valence-corrected chi connectivity index (χ0v) is 10.7. The molecule has 2 nitrogen and oxygen atoms in total. The lowest BCUT2D eigenvalue weighted by Crippen LogP contribution is -2.33. The highest BCUT2D eigenvalue weighted by molar-refractivity contribution is 6.30. The first-order valence-corrected chi connectivity index (χ1v) is 6.42. The van der Waals surface area contributed by atoms with Gasteiger partial charge in [-0.3, -0.25) is 0 Å². The summed E-state index contributed by atoms with van der Waals surface area (Å²) in [7, 11) is 0. The molecule has 0 radical (unpaired) electrons. The molecule has 1 heterocycles. The second kappa shape index (κ2) is 5.15. The number of rotatable bonds is 3. The van der Waals surface area contributed by atoms with Crippen LogP contribution in [0.5, 0.6) is 0 Å². The van der Waals surface area contributed by atoms with Crippen LogP contribution in [0.1, 0.15) is 44.7 Å². The first-order valence-electron chi connectivity index (χ1n) is 6.05. The van der Waals surface area contributed by atoms with Gasteiger partial charge in [-0.1, -0.05) is 31.0 Å². The van der Waals surface area contributed by atoms with Crippen molar-refractivity contribution in [3.05, 3.63) is 29.0 Å². The highest BCUT2D eigenvalue weighted by Gasteiger charge is 2.25. The third kappa shape index (κ3) is 2.55. The Morgan fingerprint density at radius 1 is 1.50 bits per heavy atom. The lowest BCUT2D eigenvalue weighted by atomic mass is 10.0. The van der Waals surface area contributed by atoms with E-state index in [0.717, 1.165) is 11.5 Å². The van der Waals surface area contributed by atoms with E-state index in [1.54, 1.807) is 6.20 Å². The fraction of sp³-hybridized carbons (Fsp3) is 0.615. The zero-order chi connectivity index (χ0) is 11.5. The van der Waals surface area contributed by atoms with E-state index in [0.29, 0.717) is 11.2 Å². The van der Waals surface area contributed by atoms with E-state index in [1.165, 1.54) is 19.3 Å². The SMILES string of the molecule is CC(NC1CCCC1C)c1cccnc1Cl. The predicted octanol–water partition coefficient (Wildman–Crippen LogP) is 3.57. The van der Waals surface area contributed by atoms with Crippen LogP contribution in [0.15, 0.2) is 18.3 Å². The fourth-order valence-corrected chi connectivity index (χ4v) is 2.81. The van der Waals surface area contributed by atoms with Crippen molar-refractivity contribution >= 4 is 11.6 Å². The zero-order valence-electron chi connectivity index (χ0n) is 9.91. The number of pyridine rings is 1. The van der Waals surface area contributed by atoms with Crippen molar-refractivity contribution < 1.29 is 0 Å². The Labute approximate surface area is 102 Å². The van der Waals surface area contributed by atoms with Crippen molar-refractivity contribution in [2.24, 2.45) is 5.92 Å². The molecule has 1 aromatic heterocycles.